The first-order valence-electron chi connectivity index (χ1n) is 10.5. The van der Waals surface area contributed by atoms with Crippen LogP contribution in [0, 0.1) is 22.7 Å². The number of nitrogens with one attached hydrogen (secondary N) is 1. The molecule has 1 rings (SSSR count). The largest absolute Gasteiger partial charge is 0.500 e. The zero-order valence-corrected chi connectivity index (χ0v) is 20.5. The summed E-state index contributed by atoms with van der Waals surface area (Å²) in [5, 5.41) is 3.62. The van der Waals surface area contributed by atoms with E-state index in [1.165, 1.54) is 0 Å². The fourth-order valence-electron chi connectivity index (χ4n) is 4.48. The average Bonchev–Trinajstić information content (AvgIpc) is 2.64. The molecule has 1 saturated carbocycles. The van der Waals surface area contributed by atoms with Gasteiger partial charge >= 0.3 is 14.8 Å². The predicted octanol–water partition coefficient (Wildman–Crippen LogP) is 3.87. The number of esters is 1. The SMILES string of the molecule is CO[Si](CCCOC(=O)C(C)CNC1CC(C)(C)C(C)C(C)(C)C1)(OC)OC. The van der Waals surface area contributed by atoms with Crippen LogP contribution < -0.4 is 5.32 Å². The molecule has 0 aromatic carbocycles. The highest BCUT2D eigenvalue weighted by molar-refractivity contribution is 6.60. The minimum Gasteiger partial charge on any atom is -0.465 e. The molecule has 1 aliphatic carbocycles. The van der Waals surface area contributed by atoms with Crippen molar-refractivity contribution in [2.24, 2.45) is 22.7 Å². The van der Waals surface area contributed by atoms with E-state index in [0.717, 1.165) is 12.8 Å². The first-order chi connectivity index (χ1) is 12.9. The van der Waals surface area contributed by atoms with Gasteiger partial charge < -0.3 is 23.3 Å². The highest BCUT2D eigenvalue weighted by Crippen LogP contribution is 2.50. The van der Waals surface area contributed by atoms with Crippen molar-refractivity contribution in [3.05, 3.63) is 0 Å². The molecule has 28 heavy (non-hydrogen) atoms. The fourth-order valence-corrected chi connectivity index (χ4v) is 6.17. The number of hydrogen-bond acceptors (Lipinski definition) is 6. The quantitative estimate of drug-likeness (QED) is 0.313. The summed E-state index contributed by atoms with van der Waals surface area (Å²) in [6.45, 7) is 14.7. The predicted molar refractivity (Wildman–Crippen MR) is 114 cm³/mol. The van der Waals surface area contributed by atoms with Crippen molar-refractivity contribution in [2.75, 3.05) is 34.5 Å². The molecule has 0 spiro atoms. The maximum absolute atomic E-state index is 12.3. The molecular weight excluding hydrogens is 374 g/mol. The lowest BCUT2D eigenvalue weighted by Gasteiger charge is -2.51. The van der Waals surface area contributed by atoms with Gasteiger partial charge in [-0.3, -0.25) is 4.79 Å². The molecule has 0 heterocycles. The summed E-state index contributed by atoms with van der Waals surface area (Å²) in [4.78, 5) is 12.3. The zero-order valence-electron chi connectivity index (χ0n) is 19.5. The number of ether oxygens (including phenoxy) is 1. The number of rotatable bonds is 11. The molecule has 0 aromatic rings. The van der Waals surface area contributed by atoms with E-state index < -0.39 is 8.80 Å². The zero-order chi connectivity index (χ0) is 21.6. The molecule has 1 unspecified atom stereocenters. The molecular formula is C21H43NO5Si. The van der Waals surface area contributed by atoms with Crippen LogP contribution in [0.5, 0.6) is 0 Å². The Labute approximate surface area is 173 Å². The van der Waals surface area contributed by atoms with Crippen molar-refractivity contribution in [3.8, 4) is 0 Å². The Morgan fingerprint density at radius 3 is 2.04 bits per heavy atom. The van der Waals surface area contributed by atoms with Crippen molar-refractivity contribution in [1.82, 2.24) is 5.32 Å². The second-order valence-electron chi connectivity index (χ2n) is 9.68. The summed E-state index contributed by atoms with van der Waals surface area (Å²) in [5.74, 6) is 0.344. The van der Waals surface area contributed by atoms with Gasteiger partial charge in [-0.1, -0.05) is 41.5 Å². The molecule has 0 aromatic heterocycles. The van der Waals surface area contributed by atoms with Crippen LogP contribution in [0.1, 0.15) is 60.8 Å². The minimum absolute atomic E-state index is 0.158. The van der Waals surface area contributed by atoms with Crippen LogP contribution in [0.2, 0.25) is 6.04 Å². The minimum atomic E-state index is -2.59. The highest BCUT2D eigenvalue weighted by atomic mass is 28.4. The van der Waals surface area contributed by atoms with Crippen LogP contribution in [-0.2, 0) is 22.8 Å². The molecule has 6 nitrogen and oxygen atoms in total. The Kier molecular flexibility index (Phi) is 9.61. The van der Waals surface area contributed by atoms with E-state index in [4.69, 9.17) is 18.0 Å². The maximum Gasteiger partial charge on any atom is 0.500 e. The Balaban J connectivity index is 2.39. The first-order valence-corrected chi connectivity index (χ1v) is 12.4. The van der Waals surface area contributed by atoms with Gasteiger partial charge in [-0.2, -0.15) is 0 Å². The molecule has 166 valence electrons. The first kappa shape index (κ1) is 25.6. The van der Waals surface area contributed by atoms with Crippen LogP contribution in [0.25, 0.3) is 0 Å². The van der Waals surface area contributed by atoms with E-state index in [-0.39, 0.29) is 11.9 Å². The van der Waals surface area contributed by atoms with Crippen molar-refractivity contribution >= 4 is 14.8 Å². The molecule has 1 aliphatic rings. The van der Waals surface area contributed by atoms with Gasteiger partial charge in [-0.25, -0.2) is 0 Å². The number of carbonyl (C=O) groups excluding carboxylic acids is 1. The lowest BCUT2D eigenvalue weighted by molar-refractivity contribution is -0.147. The van der Waals surface area contributed by atoms with Crippen LogP contribution in [0.3, 0.4) is 0 Å². The van der Waals surface area contributed by atoms with E-state index in [1.54, 1.807) is 21.3 Å². The summed E-state index contributed by atoms with van der Waals surface area (Å²) >= 11 is 0. The molecule has 1 fully saturated rings. The topological polar surface area (TPSA) is 66.0 Å². The molecule has 0 aliphatic heterocycles. The normalized spacial score (nSPS) is 25.3. The summed E-state index contributed by atoms with van der Waals surface area (Å²) in [6.07, 6.45) is 2.94. The molecule has 0 radical (unpaired) electrons. The Morgan fingerprint density at radius 1 is 1.07 bits per heavy atom. The standard InChI is InChI=1S/C21H43NO5Si/c1-16(19(23)27-11-10-12-28(24-7,25-8)26-9)15-22-18-13-20(3,4)17(2)21(5,6)14-18/h16-18,22H,10-15H2,1-9H3. The van der Waals surface area contributed by atoms with E-state index in [9.17, 15) is 4.79 Å². The van der Waals surface area contributed by atoms with Gasteiger partial charge in [0.05, 0.1) is 12.5 Å². The van der Waals surface area contributed by atoms with E-state index >= 15 is 0 Å². The fraction of sp³-hybridized carbons (Fsp3) is 0.952. The van der Waals surface area contributed by atoms with Crippen LogP contribution in [-0.4, -0.2) is 55.3 Å². The molecule has 1 atom stereocenters. The van der Waals surface area contributed by atoms with Gasteiger partial charge in [0.15, 0.2) is 0 Å². The number of hydrogen-bond donors (Lipinski definition) is 1. The van der Waals surface area contributed by atoms with E-state index in [0.29, 0.717) is 48.4 Å². The van der Waals surface area contributed by atoms with Gasteiger partial charge in [0.25, 0.3) is 0 Å². The second kappa shape index (κ2) is 10.5. The maximum atomic E-state index is 12.3. The van der Waals surface area contributed by atoms with Crippen LogP contribution >= 0.6 is 0 Å². The summed E-state index contributed by atoms with van der Waals surface area (Å²) in [7, 11) is 2.18. The monoisotopic (exact) mass is 417 g/mol. The third-order valence-corrected chi connectivity index (χ3v) is 9.64. The lowest BCUT2D eigenvalue weighted by atomic mass is 9.56. The summed E-state index contributed by atoms with van der Waals surface area (Å²) in [5.41, 5.74) is 0.590. The third kappa shape index (κ3) is 6.80. The van der Waals surface area contributed by atoms with Crippen LogP contribution in [0.4, 0.5) is 0 Å². The number of carbonyl (C=O) groups is 1. The molecule has 0 bridgehead atoms. The Bertz CT molecular complexity index is 467. The Hall–Kier alpha value is -0.473. The van der Waals surface area contributed by atoms with Crippen LogP contribution in [0.15, 0.2) is 0 Å². The van der Waals surface area contributed by atoms with Gasteiger partial charge in [-0.05, 0) is 36.0 Å². The summed E-state index contributed by atoms with van der Waals surface area (Å²) in [6, 6.07) is 1.06. The van der Waals surface area contributed by atoms with E-state index in [1.807, 2.05) is 6.92 Å². The van der Waals surface area contributed by atoms with Gasteiger partial charge in [0, 0.05) is 40.0 Å². The van der Waals surface area contributed by atoms with Crippen molar-refractivity contribution in [1.29, 1.82) is 0 Å². The second-order valence-corrected chi connectivity index (χ2v) is 12.8. The van der Waals surface area contributed by atoms with Crippen molar-refractivity contribution in [3.63, 3.8) is 0 Å². The van der Waals surface area contributed by atoms with Crippen molar-refractivity contribution < 1.29 is 22.8 Å². The third-order valence-electron chi connectivity index (χ3n) is 6.81. The van der Waals surface area contributed by atoms with E-state index in [2.05, 4.69) is 39.9 Å². The van der Waals surface area contributed by atoms with Gasteiger partial charge in [0.2, 0.25) is 0 Å². The Morgan fingerprint density at radius 2 is 1.57 bits per heavy atom. The molecule has 0 saturated heterocycles. The smallest absolute Gasteiger partial charge is 0.465 e. The highest BCUT2D eigenvalue weighted by Gasteiger charge is 2.44. The lowest BCUT2D eigenvalue weighted by Crippen LogP contribution is -2.50. The molecule has 7 heteroatoms. The molecule has 1 N–H and O–H groups in total. The van der Waals surface area contributed by atoms with Gasteiger partial charge in [0.1, 0.15) is 0 Å². The van der Waals surface area contributed by atoms with Crippen molar-refractivity contribution in [2.45, 2.75) is 72.9 Å². The summed E-state index contributed by atoms with van der Waals surface area (Å²) < 4.78 is 21.6. The van der Waals surface area contributed by atoms with Gasteiger partial charge in [-0.15, -0.1) is 0 Å². The molecule has 0 amide bonds. The average molecular weight is 418 g/mol.